The van der Waals surface area contributed by atoms with Gasteiger partial charge in [-0.05, 0) is 19.1 Å². The van der Waals surface area contributed by atoms with Crippen molar-refractivity contribution in [1.82, 2.24) is 25.1 Å². The number of H-pyrrole nitrogens is 1. The van der Waals surface area contributed by atoms with Crippen LogP contribution in [0, 0.1) is 6.92 Å². The molecule has 0 saturated carbocycles. The number of nitrogens with zero attached hydrogens (tertiary/aromatic N) is 4. The van der Waals surface area contributed by atoms with Gasteiger partial charge in [0.1, 0.15) is 5.52 Å². The highest BCUT2D eigenvalue weighted by Crippen LogP contribution is 2.19. The van der Waals surface area contributed by atoms with E-state index < -0.39 is 0 Å². The van der Waals surface area contributed by atoms with Crippen LogP contribution in [0.4, 0.5) is 5.95 Å². The Hall–Kier alpha value is -2.67. The lowest BCUT2D eigenvalue weighted by molar-refractivity contribution is 0.580. The van der Waals surface area contributed by atoms with Crippen LogP contribution in [0.3, 0.4) is 0 Å². The van der Waals surface area contributed by atoms with Gasteiger partial charge in [0.2, 0.25) is 5.95 Å². The molecule has 0 bridgehead atoms. The second kappa shape index (κ2) is 5.51. The van der Waals surface area contributed by atoms with Gasteiger partial charge < -0.3 is 10.2 Å². The van der Waals surface area contributed by atoms with E-state index in [9.17, 15) is 4.79 Å². The molecule has 0 amide bonds. The molecule has 0 unspecified atom stereocenters. The molecule has 1 fully saturated rings. The maximum absolute atomic E-state index is 12.7. The highest BCUT2D eigenvalue weighted by atomic mass is 16.1. The Kier molecular flexibility index (Phi) is 3.34. The summed E-state index contributed by atoms with van der Waals surface area (Å²) in [4.78, 5) is 22.3. The van der Waals surface area contributed by atoms with E-state index in [0.717, 1.165) is 37.6 Å². The Labute approximate surface area is 133 Å². The monoisotopic (exact) mass is 310 g/mol. The molecule has 1 saturated heterocycles. The third-order valence-electron chi connectivity index (χ3n) is 4.10. The molecule has 1 aliphatic heterocycles. The molecule has 7 heteroatoms. The van der Waals surface area contributed by atoms with Crippen molar-refractivity contribution in [2.45, 2.75) is 6.92 Å². The van der Waals surface area contributed by atoms with Gasteiger partial charge in [0.15, 0.2) is 5.52 Å². The molecule has 2 aromatic heterocycles. The number of para-hydroxylation sites is 1. The predicted molar refractivity (Wildman–Crippen MR) is 89.3 cm³/mol. The minimum Gasteiger partial charge on any atom is -0.340 e. The normalized spacial score (nSPS) is 15.3. The lowest BCUT2D eigenvalue weighted by Crippen LogP contribution is -2.44. The quantitative estimate of drug-likeness (QED) is 0.733. The highest BCUT2D eigenvalue weighted by Gasteiger charge is 2.19. The Bertz CT molecular complexity index is 892. The number of aryl methyl sites for hydroxylation is 1. The zero-order valence-electron chi connectivity index (χ0n) is 12.9. The van der Waals surface area contributed by atoms with Crippen molar-refractivity contribution in [2.75, 3.05) is 31.1 Å². The molecule has 3 aromatic rings. The van der Waals surface area contributed by atoms with Crippen molar-refractivity contribution in [2.24, 2.45) is 0 Å². The van der Waals surface area contributed by atoms with Gasteiger partial charge in [0, 0.05) is 26.2 Å². The van der Waals surface area contributed by atoms with Gasteiger partial charge in [-0.15, -0.1) is 0 Å². The minimum absolute atomic E-state index is 0.159. The summed E-state index contributed by atoms with van der Waals surface area (Å²) < 4.78 is 1.66. The SMILES string of the molecule is Cc1nn(-c2ccccc2)c2c(=O)[nH]c(N3CCNCC3)nc12. The van der Waals surface area contributed by atoms with Crippen LogP contribution in [0.2, 0.25) is 0 Å². The molecule has 0 spiro atoms. The van der Waals surface area contributed by atoms with E-state index in [1.807, 2.05) is 37.3 Å². The van der Waals surface area contributed by atoms with Gasteiger partial charge in [0.05, 0.1) is 11.4 Å². The van der Waals surface area contributed by atoms with Crippen molar-refractivity contribution >= 4 is 17.0 Å². The first-order valence-corrected chi connectivity index (χ1v) is 7.75. The molecule has 0 aliphatic carbocycles. The number of nitrogens with one attached hydrogen (secondary N) is 2. The Morgan fingerprint density at radius 3 is 2.61 bits per heavy atom. The van der Waals surface area contributed by atoms with Crippen molar-refractivity contribution in [3.63, 3.8) is 0 Å². The fraction of sp³-hybridized carbons (Fsp3) is 0.312. The van der Waals surface area contributed by atoms with Crippen LogP contribution in [0.25, 0.3) is 16.7 Å². The van der Waals surface area contributed by atoms with E-state index in [1.165, 1.54) is 0 Å². The fourth-order valence-electron chi connectivity index (χ4n) is 2.93. The molecule has 7 nitrogen and oxygen atoms in total. The summed E-state index contributed by atoms with van der Waals surface area (Å²) in [7, 11) is 0. The smallest absolute Gasteiger partial charge is 0.278 e. The largest absolute Gasteiger partial charge is 0.340 e. The van der Waals surface area contributed by atoms with E-state index in [4.69, 9.17) is 0 Å². The first-order valence-electron chi connectivity index (χ1n) is 7.75. The van der Waals surface area contributed by atoms with Crippen LogP contribution in [0.5, 0.6) is 0 Å². The molecule has 23 heavy (non-hydrogen) atoms. The molecular formula is C16H18N6O. The third-order valence-corrected chi connectivity index (χ3v) is 4.10. The van der Waals surface area contributed by atoms with Crippen molar-refractivity contribution < 1.29 is 0 Å². The average Bonchev–Trinajstić information content (AvgIpc) is 2.94. The first-order chi connectivity index (χ1) is 11.2. The van der Waals surface area contributed by atoms with Gasteiger partial charge >= 0.3 is 0 Å². The third kappa shape index (κ3) is 2.39. The molecule has 118 valence electrons. The summed E-state index contributed by atoms with van der Waals surface area (Å²) in [5, 5.41) is 7.81. The van der Waals surface area contributed by atoms with Gasteiger partial charge in [-0.3, -0.25) is 9.78 Å². The van der Waals surface area contributed by atoms with Crippen LogP contribution < -0.4 is 15.8 Å². The molecule has 4 rings (SSSR count). The lowest BCUT2D eigenvalue weighted by atomic mass is 10.3. The lowest BCUT2D eigenvalue weighted by Gasteiger charge is -2.27. The van der Waals surface area contributed by atoms with Gasteiger partial charge in [-0.2, -0.15) is 5.10 Å². The number of aromatic amines is 1. The number of piperazine rings is 1. The standard InChI is InChI=1S/C16H18N6O/c1-11-13-14(22(20-11)12-5-3-2-4-6-12)15(23)19-16(18-13)21-9-7-17-8-10-21/h2-6,17H,7-10H2,1H3,(H,18,19,23). The van der Waals surface area contributed by atoms with Crippen molar-refractivity contribution in [3.8, 4) is 5.69 Å². The zero-order valence-corrected chi connectivity index (χ0v) is 12.9. The van der Waals surface area contributed by atoms with E-state index in [2.05, 4.69) is 25.3 Å². The zero-order chi connectivity index (χ0) is 15.8. The number of anilines is 1. The summed E-state index contributed by atoms with van der Waals surface area (Å²) in [5.41, 5.74) is 2.60. The van der Waals surface area contributed by atoms with Crippen LogP contribution in [-0.4, -0.2) is 45.9 Å². The van der Waals surface area contributed by atoms with Gasteiger partial charge in [-0.1, -0.05) is 18.2 Å². The molecule has 0 radical (unpaired) electrons. The van der Waals surface area contributed by atoms with E-state index in [-0.39, 0.29) is 5.56 Å². The Balaban J connectivity index is 1.88. The summed E-state index contributed by atoms with van der Waals surface area (Å²) in [6.45, 7) is 5.34. The number of hydrogen-bond donors (Lipinski definition) is 2. The summed E-state index contributed by atoms with van der Waals surface area (Å²) in [6.07, 6.45) is 0. The molecule has 3 heterocycles. The number of aromatic nitrogens is 4. The van der Waals surface area contributed by atoms with Crippen LogP contribution in [0.15, 0.2) is 35.1 Å². The summed E-state index contributed by atoms with van der Waals surface area (Å²) >= 11 is 0. The highest BCUT2D eigenvalue weighted by molar-refractivity contribution is 5.79. The number of rotatable bonds is 2. The fourth-order valence-corrected chi connectivity index (χ4v) is 2.93. The topological polar surface area (TPSA) is 78.8 Å². The second-order valence-corrected chi connectivity index (χ2v) is 5.66. The molecule has 1 aliphatic rings. The van der Waals surface area contributed by atoms with Gasteiger partial charge in [0.25, 0.3) is 5.56 Å². The molecule has 1 aromatic carbocycles. The molecular weight excluding hydrogens is 292 g/mol. The average molecular weight is 310 g/mol. The summed E-state index contributed by atoms with van der Waals surface area (Å²) in [6, 6.07) is 9.64. The van der Waals surface area contributed by atoms with E-state index >= 15 is 0 Å². The van der Waals surface area contributed by atoms with Gasteiger partial charge in [-0.25, -0.2) is 9.67 Å². The minimum atomic E-state index is -0.159. The van der Waals surface area contributed by atoms with E-state index in [0.29, 0.717) is 17.0 Å². The predicted octanol–water partition coefficient (Wildman–Crippen LogP) is 0.827. The van der Waals surface area contributed by atoms with E-state index in [1.54, 1.807) is 4.68 Å². The molecule has 0 atom stereocenters. The van der Waals surface area contributed by atoms with Crippen molar-refractivity contribution in [3.05, 3.63) is 46.4 Å². The van der Waals surface area contributed by atoms with Crippen LogP contribution in [-0.2, 0) is 0 Å². The second-order valence-electron chi connectivity index (χ2n) is 5.66. The summed E-state index contributed by atoms with van der Waals surface area (Å²) in [5.74, 6) is 0.625. The first kappa shape index (κ1) is 14.0. The van der Waals surface area contributed by atoms with Crippen LogP contribution in [0.1, 0.15) is 5.69 Å². The molecule has 2 N–H and O–H groups in total. The van der Waals surface area contributed by atoms with Crippen LogP contribution >= 0.6 is 0 Å². The maximum Gasteiger partial charge on any atom is 0.278 e. The van der Waals surface area contributed by atoms with Crippen molar-refractivity contribution in [1.29, 1.82) is 0 Å². The number of hydrogen-bond acceptors (Lipinski definition) is 5. The number of fused-ring (bicyclic) bond motifs is 1. The Morgan fingerprint density at radius 1 is 1.13 bits per heavy atom. The Morgan fingerprint density at radius 2 is 1.87 bits per heavy atom. The number of benzene rings is 1. The maximum atomic E-state index is 12.7.